The van der Waals surface area contributed by atoms with Crippen LogP contribution in [0.25, 0.3) is 0 Å². The highest BCUT2D eigenvalue weighted by molar-refractivity contribution is 7.08. The summed E-state index contributed by atoms with van der Waals surface area (Å²) in [6, 6.07) is 3.91. The molecule has 0 aromatic carbocycles. The standard InChI is InChI=1S/C13H16N2OS/c1-3-11-8-12(15(4-2)14-11)13(16)7-10-5-6-17-9-10/h5-6,8-9H,3-4,7H2,1-2H3. The van der Waals surface area contributed by atoms with E-state index in [2.05, 4.69) is 12.0 Å². The third-order valence-electron chi connectivity index (χ3n) is 2.72. The Morgan fingerprint density at radius 1 is 1.47 bits per heavy atom. The number of Topliss-reactive ketones (excluding diaryl/α,β-unsaturated/α-hetero) is 1. The van der Waals surface area contributed by atoms with Gasteiger partial charge in [-0.2, -0.15) is 16.4 Å². The molecule has 0 spiro atoms. The molecule has 0 aliphatic heterocycles. The minimum absolute atomic E-state index is 0.150. The fourth-order valence-corrected chi connectivity index (χ4v) is 2.45. The van der Waals surface area contributed by atoms with Gasteiger partial charge in [0.1, 0.15) is 5.69 Å². The summed E-state index contributed by atoms with van der Waals surface area (Å²) >= 11 is 1.62. The Labute approximate surface area is 105 Å². The molecule has 0 atom stereocenters. The van der Waals surface area contributed by atoms with Gasteiger partial charge in [0.25, 0.3) is 0 Å². The van der Waals surface area contributed by atoms with Crippen molar-refractivity contribution in [1.82, 2.24) is 9.78 Å². The first kappa shape index (κ1) is 12.0. The molecule has 0 N–H and O–H groups in total. The summed E-state index contributed by atoms with van der Waals surface area (Å²) in [4.78, 5) is 12.2. The van der Waals surface area contributed by atoms with Crippen LogP contribution >= 0.6 is 11.3 Å². The molecule has 0 radical (unpaired) electrons. The van der Waals surface area contributed by atoms with E-state index in [1.54, 1.807) is 16.0 Å². The first-order chi connectivity index (χ1) is 8.24. The van der Waals surface area contributed by atoms with Crippen molar-refractivity contribution >= 4 is 17.1 Å². The molecule has 0 saturated heterocycles. The molecule has 2 aromatic rings. The molecule has 2 rings (SSSR count). The fourth-order valence-electron chi connectivity index (χ4n) is 1.78. The maximum Gasteiger partial charge on any atom is 0.185 e. The van der Waals surface area contributed by atoms with Crippen LogP contribution in [0.15, 0.2) is 22.9 Å². The van der Waals surface area contributed by atoms with Crippen LogP contribution in [0.4, 0.5) is 0 Å². The van der Waals surface area contributed by atoms with E-state index in [9.17, 15) is 4.79 Å². The molecule has 2 aromatic heterocycles. The highest BCUT2D eigenvalue weighted by Crippen LogP contribution is 2.12. The predicted molar refractivity (Wildman–Crippen MR) is 69.6 cm³/mol. The highest BCUT2D eigenvalue weighted by atomic mass is 32.1. The van der Waals surface area contributed by atoms with Crippen LogP contribution in [0, 0.1) is 0 Å². The van der Waals surface area contributed by atoms with Gasteiger partial charge in [0.2, 0.25) is 0 Å². The van der Waals surface area contributed by atoms with Crippen LogP contribution in [0.1, 0.15) is 35.6 Å². The number of hydrogen-bond donors (Lipinski definition) is 0. The Balaban J connectivity index is 2.21. The third kappa shape index (κ3) is 2.64. The Bertz CT molecular complexity index is 499. The number of ketones is 1. The van der Waals surface area contributed by atoms with Gasteiger partial charge in [0.15, 0.2) is 5.78 Å². The zero-order chi connectivity index (χ0) is 12.3. The van der Waals surface area contributed by atoms with Crippen molar-refractivity contribution in [2.24, 2.45) is 0 Å². The first-order valence-corrected chi connectivity index (χ1v) is 6.79. The van der Waals surface area contributed by atoms with Gasteiger partial charge < -0.3 is 0 Å². The molecule has 0 unspecified atom stereocenters. The van der Waals surface area contributed by atoms with Gasteiger partial charge in [-0.25, -0.2) is 0 Å². The van der Waals surface area contributed by atoms with Crippen molar-refractivity contribution in [2.75, 3.05) is 0 Å². The number of aromatic nitrogens is 2. The Hall–Kier alpha value is -1.42. The molecule has 0 saturated carbocycles. The highest BCUT2D eigenvalue weighted by Gasteiger charge is 2.14. The SMILES string of the molecule is CCc1cc(C(=O)Cc2ccsc2)n(CC)n1. The fraction of sp³-hybridized carbons (Fsp3) is 0.385. The molecule has 0 bridgehead atoms. The molecule has 0 amide bonds. The van der Waals surface area contributed by atoms with E-state index in [0.717, 1.165) is 29.9 Å². The number of thiophene rings is 1. The summed E-state index contributed by atoms with van der Waals surface area (Å²) in [7, 11) is 0. The van der Waals surface area contributed by atoms with Crippen LogP contribution < -0.4 is 0 Å². The summed E-state index contributed by atoms with van der Waals surface area (Å²) in [5.41, 5.74) is 2.80. The van der Waals surface area contributed by atoms with Crippen LogP contribution in [0.2, 0.25) is 0 Å². The summed E-state index contributed by atoms with van der Waals surface area (Å²) in [6.45, 7) is 4.80. The molecular formula is C13H16N2OS. The molecule has 2 heterocycles. The zero-order valence-electron chi connectivity index (χ0n) is 10.1. The topological polar surface area (TPSA) is 34.9 Å². The lowest BCUT2D eigenvalue weighted by atomic mass is 10.1. The van der Waals surface area contributed by atoms with E-state index in [1.807, 2.05) is 29.8 Å². The molecule has 4 heteroatoms. The average molecular weight is 248 g/mol. The van der Waals surface area contributed by atoms with Gasteiger partial charge in [-0.05, 0) is 41.8 Å². The smallest absolute Gasteiger partial charge is 0.185 e. The number of carbonyl (C=O) groups excluding carboxylic acids is 1. The maximum absolute atomic E-state index is 12.2. The minimum Gasteiger partial charge on any atom is -0.292 e. The summed E-state index contributed by atoms with van der Waals surface area (Å²) < 4.78 is 1.80. The van der Waals surface area contributed by atoms with Crippen molar-refractivity contribution in [2.45, 2.75) is 33.2 Å². The number of nitrogens with zero attached hydrogens (tertiary/aromatic N) is 2. The number of hydrogen-bond acceptors (Lipinski definition) is 3. The predicted octanol–water partition coefficient (Wildman–Crippen LogP) is 2.95. The summed E-state index contributed by atoms with van der Waals surface area (Å²) in [6.07, 6.45) is 1.34. The van der Waals surface area contributed by atoms with Crippen molar-refractivity contribution in [3.63, 3.8) is 0 Å². The Kier molecular flexibility index (Phi) is 3.74. The quantitative estimate of drug-likeness (QED) is 0.762. The van der Waals surface area contributed by atoms with Crippen molar-refractivity contribution in [3.05, 3.63) is 39.8 Å². The molecule has 17 heavy (non-hydrogen) atoms. The largest absolute Gasteiger partial charge is 0.292 e. The van der Waals surface area contributed by atoms with Gasteiger partial charge in [0.05, 0.1) is 5.69 Å². The van der Waals surface area contributed by atoms with E-state index in [1.165, 1.54) is 0 Å². The third-order valence-corrected chi connectivity index (χ3v) is 3.45. The molecule has 0 aliphatic rings. The van der Waals surface area contributed by atoms with Crippen LogP contribution in [-0.4, -0.2) is 15.6 Å². The molecular weight excluding hydrogens is 232 g/mol. The van der Waals surface area contributed by atoms with Crippen LogP contribution in [0.3, 0.4) is 0 Å². The second-order valence-corrected chi connectivity index (χ2v) is 4.70. The second kappa shape index (κ2) is 5.27. The lowest BCUT2D eigenvalue weighted by molar-refractivity contribution is 0.0983. The van der Waals surface area contributed by atoms with Gasteiger partial charge >= 0.3 is 0 Å². The summed E-state index contributed by atoms with van der Waals surface area (Å²) in [5.74, 6) is 0.150. The van der Waals surface area contributed by atoms with Crippen molar-refractivity contribution in [3.8, 4) is 0 Å². The lowest BCUT2D eigenvalue weighted by Crippen LogP contribution is -2.11. The summed E-state index contributed by atoms with van der Waals surface area (Å²) in [5, 5.41) is 8.41. The van der Waals surface area contributed by atoms with Gasteiger partial charge in [0, 0.05) is 13.0 Å². The van der Waals surface area contributed by atoms with E-state index in [4.69, 9.17) is 0 Å². The lowest BCUT2D eigenvalue weighted by Gasteiger charge is -2.02. The zero-order valence-corrected chi connectivity index (χ0v) is 11.0. The number of aryl methyl sites for hydroxylation is 2. The van der Waals surface area contributed by atoms with Crippen LogP contribution in [-0.2, 0) is 19.4 Å². The monoisotopic (exact) mass is 248 g/mol. The van der Waals surface area contributed by atoms with Gasteiger partial charge in [-0.1, -0.05) is 6.92 Å². The van der Waals surface area contributed by atoms with E-state index in [0.29, 0.717) is 6.42 Å². The van der Waals surface area contributed by atoms with E-state index in [-0.39, 0.29) is 5.78 Å². The molecule has 90 valence electrons. The van der Waals surface area contributed by atoms with E-state index >= 15 is 0 Å². The number of carbonyl (C=O) groups is 1. The van der Waals surface area contributed by atoms with E-state index < -0.39 is 0 Å². The Morgan fingerprint density at radius 3 is 2.88 bits per heavy atom. The molecule has 3 nitrogen and oxygen atoms in total. The molecule has 0 aliphatic carbocycles. The number of rotatable bonds is 5. The average Bonchev–Trinajstić information content (AvgIpc) is 2.96. The Morgan fingerprint density at radius 2 is 2.29 bits per heavy atom. The second-order valence-electron chi connectivity index (χ2n) is 3.92. The minimum atomic E-state index is 0.150. The van der Waals surface area contributed by atoms with Crippen molar-refractivity contribution in [1.29, 1.82) is 0 Å². The van der Waals surface area contributed by atoms with Crippen molar-refractivity contribution < 1.29 is 4.79 Å². The first-order valence-electron chi connectivity index (χ1n) is 5.85. The van der Waals surface area contributed by atoms with Crippen LogP contribution in [0.5, 0.6) is 0 Å². The van der Waals surface area contributed by atoms with Gasteiger partial charge in [-0.3, -0.25) is 9.48 Å². The van der Waals surface area contributed by atoms with Gasteiger partial charge in [-0.15, -0.1) is 0 Å². The molecule has 0 fully saturated rings. The normalized spacial score (nSPS) is 10.7. The maximum atomic E-state index is 12.2.